The van der Waals surface area contributed by atoms with E-state index >= 15 is 0 Å². The first kappa shape index (κ1) is 21.3. The Bertz CT molecular complexity index is 375. The molecule has 2 aliphatic rings. The van der Waals surface area contributed by atoms with E-state index in [1.807, 2.05) is 0 Å². The average molecular weight is 386 g/mol. The maximum atomic E-state index is 9.99. The van der Waals surface area contributed by atoms with Gasteiger partial charge in [-0.25, -0.2) is 0 Å². The van der Waals surface area contributed by atoms with E-state index in [0.29, 0.717) is 0 Å². The molecule has 0 radical (unpaired) electrons. The van der Waals surface area contributed by atoms with Gasteiger partial charge in [0, 0.05) is 25.7 Å². The molecule has 0 aromatic heterocycles. The number of rotatable bonds is 6. The quantitative estimate of drug-likeness (QED) is 0.271. The molecule has 2 heterocycles. The van der Waals surface area contributed by atoms with Crippen molar-refractivity contribution in [2.75, 3.05) is 25.7 Å². The third-order valence-corrected chi connectivity index (χ3v) is 5.49. The van der Waals surface area contributed by atoms with Gasteiger partial charge in [0.2, 0.25) is 0 Å². The van der Waals surface area contributed by atoms with Crippen molar-refractivity contribution in [2.24, 2.45) is 0 Å². The predicted molar refractivity (Wildman–Crippen MR) is 84.7 cm³/mol. The Morgan fingerprint density at radius 1 is 0.640 bits per heavy atom. The SMILES string of the molecule is CO[C@H]1O[C@H](CSC[C@H]2O[C@H](OC)[C@@H](O)[C@@H](O)[C@@H]2O)[C@@H](O)[C@H](O)[C@@H]1O. The Hall–Kier alpha value is -0.0500. The van der Waals surface area contributed by atoms with Crippen molar-refractivity contribution in [1.29, 1.82) is 0 Å². The number of aliphatic hydroxyl groups excluding tert-OH is 6. The summed E-state index contributed by atoms with van der Waals surface area (Å²) in [4.78, 5) is 0. The number of hydrogen-bond acceptors (Lipinski definition) is 11. The molecule has 2 aliphatic heterocycles. The lowest BCUT2D eigenvalue weighted by molar-refractivity contribution is -0.286. The van der Waals surface area contributed by atoms with Crippen LogP contribution in [-0.4, -0.2) is 118 Å². The van der Waals surface area contributed by atoms with Gasteiger partial charge in [0.15, 0.2) is 12.6 Å². The molecule has 2 saturated heterocycles. The molecule has 2 fully saturated rings. The van der Waals surface area contributed by atoms with Gasteiger partial charge in [0.05, 0.1) is 12.2 Å². The van der Waals surface area contributed by atoms with Gasteiger partial charge in [0.1, 0.15) is 36.6 Å². The predicted octanol–water partition coefficient (Wildman–Crippen LogP) is -3.37. The van der Waals surface area contributed by atoms with Crippen LogP contribution in [0.1, 0.15) is 0 Å². The fraction of sp³-hybridized carbons (Fsp3) is 1.00. The summed E-state index contributed by atoms with van der Waals surface area (Å²) < 4.78 is 20.7. The summed E-state index contributed by atoms with van der Waals surface area (Å²) in [5.41, 5.74) is 0. The highest BCUT2D eigenvalue weighted by molar-refractivity contribution is 7.99. The van der Waals surface area contributed by atoms with E-state index in [1.54, 1.807) is 0 Å². The van der Waals surface area contributed by atoms with E-state index in [0.717, 1.165) is 0 Å². The zero-order chi connectivity index (χ0) is 18.7. The second-order valence-electron chi connectivity index (χ2n) is 6.04. The van der Waals surface area contributed by atoms with Crippen LogP contribution in [0.4, 0.5) is 0 Å². The molecular formula is C14H26O10S. The summed E-state index contributed by atoms with van der Waals surface area (Å²) in [6.07, 6.45) is -11.9. The fourth-order valence-corrected chi connectivity index (χ4v) is 3.95. The zero-order valence-electron chi connectivity index (χ0n) is 13.9. The minimum absolute atomic E-state index is 0.216. The van der Waals surface area contributed by atoms with Crippen molar-refractivity contribution in [3.63, 3.8) is 0 Å². The third-order valence-electron chi connectivity index (χ3n) is 4.37. The minimum atomic E-state index is -1.41. The highest BCUT2D eigenvalue weighted by Gasteiger charge is 2.45. The molecule has 6 N–H and O–H groups in total. The smallest absolute Gasteiger partial charge is 0.186 e. The molecule has 10 nitrogen and oxygen atoms in total. The molecule has 148 valence electrons. The van der Waals surface area contributed by atoms with Crippen LogP contribution in [0.3, 0.4) is 0 Å². The van der Waals surface area contributed by atoms with Crippen molar-refractivity contribution in [3.8, 4) is 0 Å². The van der Waals surface area contributed by atoms with Gasteiger partial charge < -0.3 is 49.6 Å². The first-order chi connectivity index (χ1) is 11.8. The molecule has 0 bridgehead atoms. The Balaban J connectivity index is 1.87. The standard InChI is InChI=1S/C14H26O10S/c1-21-13-11(19)9(17)7(15)5(23-13)3-25-4-6-8(16)10(18)12(20)14(22-2)24-6/h5-20H,3-4H2,1-2H3/t5-,6-,7-,8-,9+,10+,11+,12+,13+,14+/m1/s1. The molecule has 0 spiro atoms. The lowest BCUT2D eigenvalue weighted by Crippen LogP contribution is -2.59. The van der Waals surface area contributed by atoms with Gasteiger partial charge in [-0.05, 0) is 0 Å². The molecule has 0 aromatic carbocycles. The Morgan fingerprint density at radius 2 is 1.00 bits per heavy atom. The van der Waals surface area contributed by atoms with Crippen LogP contribution in [0.5, 0.6) is 0 Å². The molecular weight excluding hydrogens is 360 g/mol. The second-order valence-corrected chi connectivity index (χ2v) is 7.11. The van der Waals surface area contributed by atoms with E-state index in [4.69, 9.17) is 18.9 Å². The molecule has 0 saturated carbocycles. The maximum absolute atomic E-state index is 9.99. The molecule has 0 unspecified atom stereocenters. The largest absolute Gasteiger partial charge is 0.388 e. The van der Waals surface area contributed by atoms with E-state index in [1.165, 1.54) is 26.0 Å². The van der Waals surface area contributed by atoms with Gasteiger partial charge in [-0.3, -0.25) is 0 Å². The molecule has 11 heteroatoms. The minimum Gasteiger partial charge on any atom is -0.388 e. The monoisotopic (exact) mass is 386 g/mol. The summed E-state index contributed by atoms with van der Waals surface area (Å²) in [6, 6.07) is 0. The third kappa shape index (κ3) is 4.62. The number of aliphatic hydroxyl groups is 6. The van der Waals surface area contributed by atoms with Gasteiger partial charge in [-0.15, -0.1) is 0 Å². The molecule has 0 aromatic rings. The summed E-state index contributed by atoms with van der Waals surface area (Å²) in [5.74, 6) is 0.432. The maximum Gasteiger partial charge on any atom is 0.186 e. The number of thioether (sulfide) groups is 1. The highest BCUT2D eigenvalue weighted by atomic mass is 32.2. The van der Waals surface area contributed by atoms with Crippen LogP contribution >= 0.6 is 11.8 Å². The zero-order valence-corrected chi connectivity index (χ0v) is 14.7. The van der Waals surface area contributed by atoms with Crippen LogP contribution in [-0.2, 0) is 18.9 Å². The number of hydrogen-bond donors (Lipinski definition) is 6. The van der Waals surface area contributed by atoms with Crippen LogP contribution in [0.15, 0.2) is 0 Å². The summed E-state index contributed by atoms with van der Waals surface area (Å²) >= 11 is 1.24. The van der Waals surface area contributed by atoms with Crippen molar-refractivity contribution < 1.29 is 49.6 Å². The normalized spacial score (nSPS) is 48.5. The summed E-state index contributed by atoms with van der Waals surface area (Å²) in [7, 11) is 2.62. The molecule has 0 amide bonds. The van der Waals surface area contributed by atoms with Crippen LogP contribution in [0.25, 0.3) is 0 Å². The van der Waals surface area contributed by atoms with E-state index in [-0.39, 0.29) is 11.5 Å². The Morgan fingerprint density at radius 3 is 1.32 bits per heavy atom. The van der Waals surface area contributed by atoms with Gasteiger partial charge in [-0.1, -0.05) is 0 Å². The Labute approximate surface area is 149 Å². The number of ether oxygens (including phenoxy) is 4. The molecule has 25 heavy (non-hydrogen) atoms. The summed E-state index contributed by atoms with van der Waals surface area (Å²) in [5, 5.41) is 59.1. The highest BCUT2D eigenvalue weighted by Crippen LogP contribution is 2.27. The number of methoxy groups -OCH3 is 2. The molecule has 2 rings (SSSR count). The Kier molecular flexibility index (Phi) is 7.85. The van der Waals surface area contributed by atoms with Crippen LogP contribution < -0.4 is 0 Å². The van der Waals surface area contributed by atoms with E-state index < -0.39 is 61.4 Å². The van der Waals surface area contributed by atoms with Crippen molar-refractivity contribution in [3.05, 3.63) is 0 Å². The molecule has 10 atom stereocenters. The average Bonchev–Trinajstić information content (AvgIpc) is 2.61. The lowest BCUT2D eigenvalue weighted by Gasteiger charge is -2.41. The molecule has 0 aliphatic carbocycles. The van der Waals surface area contributed by atoms with Gasteiger partial charge in [-0.2, -0.15) is 11.8 Å². The van der Waals surface area contributed by atoms with Crippen molar-refractivity contribution in [2.45, 2.75) is 61.4 Å². The van der Waals surface area contributed by atoms with Crippen LogP contribution in [0.2, 0.25) is 0 Å². The van der Waals surface area contributed by atoms with Gasteiger partial charge >= 0.3 is 0 Å². The fourth-order valence-electron chi connectivity index (χ4n) is 2.80. The first-order valence-corrected chi connectivity index (χ1v) is 9.00. The van der Waals surface area contributed by atoms with E-state index in [9.17, 15) is 30.6 Å². The van der Waals surface area contributed by atoms with E-state index in [2.05, 4.69) is 0 Å². The second kappa shape index (κ2) is 9.24. The van der Waals surface area contributed by atoms with Crippen LogP contribution in [0, 0.1) is 0 Å². The lowest BCUT2D eigenvalue weighted by atomic mass is 10.00. The van der Waals surface area contributed by atoms with Crippen molar-refractivity contribution in [1.82, 2.24) is 0 Å². The van der Waals surface area contributed by atoms with Crippen molar-refractivity contribution >= 4 is 11.8 Å². The summed E-state index contributed by atoms with van der Waals surface area (Å²) in [6.45, 7) is 0. The topological polar surface area (TPSA) is 158 Å². The van der Waals surface area contributed by atoms with Gasteiger partial charge in [0.25, 0.3) is 0 Å². The first-order valence-electron chi connectivity index (χ1n) is 7.84.